The van der Waals surface area contributed by atoms with E-state index in [2.05, 4.69) is 44.8 Å². The van der Waals surface area contributed by atoms with Gasteiger partial charge in [0.1, 0.15) is 0 Å². The van der Waals surface area contributed by atoms with Gasteiger partial charge in [-0.05, 0) is 37.1 Å². The van der Waals surface area contributed by atoms with E-state index in [4.69, 9.17) is 5.73 Å². The van der Waals surface area contributed by atoms with E-state index in [1.807, 2.05) is 0 Å². The van der Waals surface area contributed by atoms with Crippen molar-refractivity contribution in [1.82, 2.24) is 4.57 Å². The smallest absolute Gasteiger partial charge is 0.0486 e. The Labute approximate surface area is 97.2 Å². The number of rotatable bonds is 1. The third-order valence-electron chi connectivity index (χ3n) is 3.25. The molecule has 1 aromatic carbocycles. The maximum absolute atomic E-state index is 5.80. The largest absolute Gasteiger partial charge is 0.340 e. The summed E-state index contributed by atoms with van der Waals surface area (Å²) in [6, 6.07) is 9.24. The van der Waals surface area contributed by atoms with Gasteiger partial charge in [-0.25, -0.2) is 0 Å². The van der Waals surface area contributed by atoms with Gasteiger partial charge in [0.05, 0.1) is 0 Å². The Hall–Kier alpha value is -0.800. The van der Waals surface area contributed by atoms with Crippen molar-refractivity contribution in [1.29, 1.82) is 0 Å². The van der Waals surface area contributed by atoms with Crippen LogP contribution in [0.25, 0.3) is 10.9 Å². The second-order valence-corrected chi connectivity index (χ2v) is 5.05. The predicted octanol–water partition coefficient (Wildman–Crippen LogP) is 2.85. The highest BCUT2D eigenvalue weighted by molar-refractivity contribution is 9.10. The first-order chi connectivity index (χ1) is 7.29. The van der Waals surface area contributed by atoms with Gasteiger partial charge >= 0.3 is 0 Å². The molecule has 0 spiro atoms. The Kier molecular flexibility index (Phi) is 2.11. The minimum atomic E-state index is 0.499. The molecule has 0 aliphatic carbocycles. The van der Waals surface area contributed by atoms with Crippen LogP contribution in [0.5, 0.6) is 0 Å². The number of aromatic nitrogens is 1. The molecule has 1 aliphatic heterocycles. The van der Waals surface area contributed by atoms with Crippen LogP contribution in [0.3, 0.4) is 0 Å². The molecular formula is C12H13BrN2. The van der Waals surface area contributed by atoms with Gasteiger partial charge in [0.25, 0.3) is 0 Å². The van der Waals surface area contributed by atoms with Crippen LogP contribution in [-0.4, -0.2) is 11.1 Å². The van der Waals surface area contributed by atoms with E-state index in [0.29, 0.717) is 6.04 Å². The zero-order valence-electron chi connectivity index (χ0n) is 8.41. The number of nitrogens with zero attached hydrogens (tertiary/aromatic N) is 1. The SMILES string of the molecule is NCC1CCc2cc3cc(Br)ccc3n21. The molecule has 2 N–H and O–H groups in total. The summed E-state index contributed by atoms with van der Waals surface area (Å²) in [6.45, 7) is 0.743. The zero-order chi connectivity index (χ0) is 10.4. The van der Waals surface area contributed by atoms with Crippen molar-refractivity contribution in [2.45, 2.75) is 18.9 Å². The predicted molar refractivity (Wildman–Crippen MR) is 66.1 cm³/mol. The van der Waals surface area contributed by atoms with E-state index >= 15 is 0 Å². The first kappa shape index (κ1) is 9.43. The van der Waals surface area contributed by atoms with Gasteiger partial charge in [-0.15, -0.1) is 0 Å². The van der Waals surface area contributed by atoms with Gasteiger partial charge < -0.3 is 10.3 Å². The van der Waals surface area contributed by atoms with Gasteiger partial charge in [-0.3, -0.25) is 0 Å². The summed E-state index contributed by atoms with van der Waals surface area (Å²) >= 11 is 3.50. The van der Waals surface area contributed by atoms with Crippen LogP contribution in [0, 0.1) is 0 Å². The number of nitrogens with two attached hydrogens (primary N) is 1. The van der Waals surface area contributed by atoms with Crippen LogP contribution in [0.2, 0.25) is 0 Å². The van der Waals surface area contributed by atoms with Crippen LogP contribution < -0.4 is 5.73 Å². The third-order valence-corrected chi connectivity index (χ3v) is 3.74. The molecule has 15 heavy (non-hydrogen) atoms. The van der Waals surface area contributed by atoms with Gasteiger partial charge in [-0.2, -0.15) is 0 Å². The number of fused-ring (bicyclic) bond motifs is 3. The standard InChI is InChI=1S/C12H13BrN2/c13-9-1-4-12-8(5-9)6-10-2-3-11(7-14)15(10)12/h1,4-6,11H,2-3,7,14H2. The fourth-order valence-electron chi connectivity index (χ4n) is 2.55. The van der Waals surface area contributed by atoms with E-state index in [1.54, 1.807) is 0 Å². The Morgan fingerprint density at radius 3 is 3.07 bits per heavy atom. The molecule has 1 atom stereocenters. The lowest BCUT2D eigenvalue weighted by Crippen LogP contribution is -2.15. The van der Waals surface area contributed by atoms with Crippen LogP contribution in [-0.2, 0) is 6.42 Å². The van der Waals surface area contributed by atoms with Crippen LogP contribution in [0.1, 0.15) is 18.2 Å². The normalized spacial score (nSPS) is 19.7. The molecule has 1 aliphatic rings. The minimum Gasteiger partial charge on any atom is -0.340 e. The van der Waals surface area contributed by atoms with Crippen molar-refractivity contribution < 1.29 is 0 Å². The highest BCUT2D eigenvalue weighted by atomic mass is 79.9. The summed E-state index contributed by atoms with van der Waals surface area (Å²) in [5, 5.41) is 1.32. The maximum Gasteiger partial charge on any atom is 0.0486 e. The summed E-state index contributed by atoms with van der Waals surface area (Å²) in [5.74, 6) is 0. The number of hydrogen-bond donors (Lipinski definition) is 1. The van der Waals surface area contributed by atoms with Crippen LogP contribution in [0.15, 0.2) is 28.7 Å². The molecular weight excluding hydrogens is 252 g/mol. The molecule has 0 fully saturated rings. The fourth-order valence-corrected chi connectivity index (χ4v) is 2.93. The van der Waals surface area contributed by atoms with E-state index < -0.39 is 0 Å². The van der Waals surface area contributed by atoms with Crippen molar-refractivity contribution in [3.8, 4) is 0 Å². The monoisotopic (exact) mass is 264 g/mol. The Balaban J connectivity index is 2.27. The van der Waals surface area contributed by atoms with E-state index in [1.165, 1.54) is 23.0 Å². The average Bonchev–Trinajstić information content (AvgIpc) is 2.74. The fraction of sp³-hybridized carbons (Fsp3) is 0.333. The molecule has 78 valence electrons. The van der Waals surface area contributed by atoms with E-state index in [9.17, 15) is 0 Å². The van der Waals surface area contributed by atoms with Crippen molar-refractivity contribution in [2.24, 2.45) is 5.73 Å². The van der Waals surface area contributed by atoms with Gasteiger partial charge in [-0.1, -0.05) is 15.9 Å². The Morgan fingerprint density at radius 1 is 1.40 bits per heavy atom. The molecule has 0 amide bonds. The highest BCUT2D eigenvalue weighted by Crippen LogP contribution is 2.33. The second-order valence-electron chi connectivity index (χ2n) is 4.14. The number of aryl methyl sites for hydroxylation is 1. The lowest BCUT2D eigenvalue weighted by atomic mass is 10.1. The molecule has 3 rings (SSSR count). The molecule has 2 heterocycles. The first-order valence-corrected chi connectivity index (χ1v) is 6.08. The van der Waals surface area contributed by atoms with E-state index in [-0.39, 0.29) is 0 Å². The zero-order valence-corrected chi connectivity index (χ0v) is 10.00. The molecule has 2 nitrogen and oxygen atoms in total. The van der Waals surface area contributed by atoms with Crippen LogP contribution in [0.4, 0.5) is 0 Å². The molecule has 3 heteroatoms. The topological polar surface area (TPSA) is 30.9 Å². The Bertz CT molecular complexity index is 516. The lowest BCUT2D eigenvalue weighted by molar-refractivity contribution is 0.553. The third kappa shape index (κ3) is 1.34. The summed E-state index contributed by atoms with van der Waals surface area (Å²) < 4.78 is 3.55. The highest BCUT2D eigenvalue weighted by Gasteiger charge is 2.22. The van der Waals surface area contributed by atoms with Crippen LogP contribution >= 0.6 is 15.9 Å². The Morgan fingerprint density at radius 2 is 2.27 bits per heavy atom. The number of hydrogen-bond acceptors (Lipinski definition) is 1. The quantitative estimate of drug-likeness (QED) is 0.844. The molecule has 2 aromatic rings. The molecule has 0 radical (unpaired) electrons. The van der Waals surface area contributed by atoms with E-state index in [0.717, 1.165) is 17.4 Å². The second kappa shape index (κ2) is 3.35. The van der Waals surface area contributed by atoms with Gasteiger partial charge in [0, 0.05) is 33.7 Å². The number of halogens is 1. The van der Waals surface area contributed by atoms with Crippen molar-refractivity contribution >= 4 is 26.8 Å². The van der Waals surface area contributed by atoms with Crippen molar-refractivity contribution in [2.75, 3.05) is 6.54 Å². The lowest BCUT2D eigenvalue weighted by Gasteiger charge is -2.12. The summed E-state index contributed by atoms with van der Waals surface area (Å²) in [5.41, 5.74) is 8.55. The van der Waals surface area contributed by atoms with Crippen molar-refractivity contribution in [3.63, 3.8) is 0 Å². The van der Waals surface area contributed by atoms with Gasteiger partial charge in [0.2, 0.25) is 0 Å². The molecule has 0 bridgehead atoms. The first-order valence-electron chi connectivity index (χ1n) is 5.29. The minimum absolute atomic E-state index is 0.499. The summed E-state index contributed by atoms with van der Waals surface area (Å²) in [6.07, 6.45) is 2.35. The molecule has 0 saturated heterocycles. The number of benzene rings is 1. The summed E-state index contributed by atoms with van der Waals surface area (Å²) in [7, 11) is 0. The van der Waals surface area contributed by atoms with Gasteiger partial charge in [0.15, 0.2) is 0 Å². The van der Waals surface area contributed by atoms with Crippen molar-refractivity contribution in [3.05, 3.63) is 34.4 Å². The summed E-state index contributed by atoms with van der Waals surface area (Å²) in [4.78, 5) is 0. The molecule has 1 unspecified atom stereocenters. The average molecular weight is 265 g/mol. The molecule has 1 aromatic heterocycles. The maximum atomic E-state index is 5.80. The molecule has 0 saturated carbocycles.